The van der Waals surface area contributed by atoms with Crippen LogP contribution in [0, 0.1) is 21.7 Å². The van der Waals surface area contributed by atoms with Crippen molar-refractivity contribution in [1.29, 1.82) is 0 Å². The van der Waals surface area contributed by atoms with Gasteiger partial charge < -0.3 is 0 Å². The molecule has 0 heterocycles. The molecule has 0 aromatic rings. The van der Waals surface area contributed by atoms with Gasteiger partial charge in [0.2, 0.25) is 0 Å². The maximum absolute atomic E-state index is 2.52. The minimum Gasteiger partial charge on any atom is -0.0774 e. The van der Waals surface area contributed by atoms with Crippen molar-refractivity contribution in [3.8, 4) is 0 Å². The molecule has 0 heteroatoms. The molecule has 0 N–H and O–H groups in total. The van der Waals surface area contributed by atoms with Gasteiger partial charge in [-0.1, -0.05) is 107 Å². The third-order valence-corrected chi connectivity index (χ3v) is 5.96. The van der Waals surface area contributed by atoms with Gasteiger partial charge in [-0.15, -0.1) is 0 Å². The number of fused-ring (bicyclic) bond motifs is 1. The van der Waals surface area contributed by atoms with E-state index in [1.54, 1.807) is 0 Å². The van der Waals surface area contributed by atoms with Crippen LogP contribution in [-0.4, -0.2) is 0 Å². The molecule has 2 aliphatic rings. The van der Waals surface area contributed by atoms with Crippen LogP contribution in [0.2, 0.25) is 0 Å². The molecule has 0 amide bonds. The quantitative estimate of drug-likeness (QED) is 0.432. The number of hydrogen-bond acceptors (Lipinski definition) is 0. The molecule has 2 aliphatic carbocycles. The molecule has 0 radical (unpaired) electrons. The first kappa shape index (κ1) is 21.2. The van der Waals surface area contributed by atoms with E-state index in [0.29, 0.717) is 0 Å². The van der Waals surface area contributed by atoms with E-state index in [1.165, 1.54) is 11.1 Å². The van der Waals surface area contributed by atoms with Crippen molar-refractivity contribution in [2.45, 2.75) is 83.1 Å². The molecule has 0 aromatic carbocycles. The minimum atomic E-state index is 0.196. The van der Waals surface area contributed by atoms with Gasteiger partial charge in [-0.3, -0.25) is 0 Å². The predicted molar refractivity (Wildman–Crippen MR) is 103 cm³/mol. The van der Waals surface area contributed by atoms with E-state index in [9.17, 15) is 0 Å². The summed E-state index contributed by atoms with van der Waals surface area (Å²) in [6.07, 6.45) is 9.70. The van der Waals surface area contributed by atoms with Crippen LogP contribution in [0.5, 0.6) is 0 Å². The maximum atomic E-state index is 2.52. The first-order valence-electron chi connectivity index (χ1n) is 9.07. The minimum absolute atomic E-state index is 0.196. The van der Waals surface area contributed by atoms with Crippen molar-refractivity contribution in [1.82, 2.24) is 0 Å². The zero-order valence-electron chi connectivity index (χ0n) is 17.3. The normalized spacial score (nSPS) is 25.3. The molecule has 0 aromatic heterocycles. The monoisotopic (exact) mass is 304 g/mol. The SMILES string of the molecule is CC.CC.CC1(C)C=C2C=CC(C)(C)C(C)(C)C2=CC1(C)C. The summed E-state index contributed by atoms with van der Waals surface area (Å²) in [7, 11) is 0. The van der Waals surface area contributed by atoms with Crippen LogP contribution in [0.15, 0.2) is 35.5 Å². The number of hydrogen-bond donors (Lipinski definition) is 0. The van der Waals surface area contributed by atoms with Crippen molar-refractivity contribution in [2.24, 2.45) is 21.7 Å². The summed E-state index contributed by atoms with van der Waals surface area (Å²) in [5, 5.41) is 0. The lowest BCUT2D eigenvalue weighted by molar-refractivity contribution is 0.184. The van der Waals surface area contributed by atoms with Crippen LogP contribution in [0.1, 0.15) is 83.1 Å². The molecule has 0 saturated carbocycles. The fourth-order valence-electron chi connectivity index (χ4n) is 2.82. The van der Waals surface area contributed by atoms with E-state index in [1.807, 2.05) is 27.7 Å². The Labute approximate surface area is 140 Å². The van der Waals surface area contributed by atoms with Gasteiger partial charge in [-0.2, -0.15) is 0 Å². The van der Waals surface area contributed by atoms with E-state index >= 15 is 0 Å². The molecular weight excluding hydrogens is 264 g/mol. The highest BCUT2D eigenvalue weighted by Crippen LogP contribution is 2.57. The second-order valence-corrected chi connectivity index (χ2v) is 8.28. The molecule has 128 valence electrons. The average Bonchev–Trinajstić information content (AvgIpc) is 2.42. The summed E-state index contributed by atoms with van der Waals surface area (Å²) in [4.78, 5) is 0. The molecular formula is C22H40. The van der Waals surface area contributed by atoms with Gasteiger partial charge >= 0.3 is 0 Å². The van der Waals surface area contributed by atoms with Crippen LogP contribution in [0.4, 0.5) is 0 Å². The van der Waals surface area contributed by atoms with Crippen LogP contribution in [-0.2, 0) is 0 Å². The van der Waals surface area contributed by atoms with E-state index < -0.39 is 0 Å². The molecule has 0 bridgehead atoms. The van der Waals surface area contributed by atoms with Crippen molar-refractivity contribution in [3.63, 3.8) is 0 Å². The molecule has 0 aliphatic heterocycles. The van der Waals surface area contributed by atoms with Gasteiger partial charge in [-0.05, 0) is 32.8 Å². The Hall–Kier alpha value is -0.780. The van der Waals surface area contributed by atoms with E-state index in [-0.39, 0.29) is 21.7 Å². The topological polar surface area (TPSA) is 0 Å². The third kappa shape index (κ3) is 3.42. The molecule has 22 heavy (non-hydrogen) atoms. The molecule has 0 saturated heterocycles. The Bertz CT molecular complexity index is 460. The Balaban J connectivity index is 0.00000102. The third-order valence-electron chi connectivity index (χ3n) is 5.96. The fourth-order valence-corrected chi connectivity index (χ4v) is 2.82. The molecule has 0 unspecified atom stereocenters. The zero-order valence-corrected chi connectivity index (χ0v) is 17.3. The zero-order chi connectivity index (χ0) is 18.0. The maximum Gasteiger partial charge on any atom is -0.00150 e. The van der Waals surface area contributed by atoms with Gasteiger partial charge in [-0.25, -0.2) is 0 Å². The van der Waals surface area contributed by atoms with Gasteiger partial charge in [0.15, 0.2) is 0 Å². The van der Waals surface area contributed by atoms with Crippen LogP contribution in [0.25, 0.3) is 0 Å². The van der Waals surface area contributed by atoms with Crippen molar-refractivity contribution in [3.05, 3.63) is 35.5 Å². The van der Waals surface area contributed by atoms with Gasteiger partial charge in [0.25, 0.3) is 0 Å². The lowest BCUT2D eigenvalue weighted by Gasteiger charge is -2.51. The predicted octanol–water partition coefficient (Wildman–Crippen LogP) is 7.58. The first-order chi connectivity index (χ1) is 9.91. The van der Waals surface area contributed by atoms with Crippen LogP contribution >= 0.6 is 0 Å². The standard InChI is InChI=1S/C18H28.2C2H6/c1-15(2)10-9-13-11-16(3,4)17(5,6)12-14(13)18(15,7)8;2*1-2/h9-12H,1-8H3;2*1-2H3. The summed E-state index contributed by atoms with van der Waals surface area (Å²) in [6.45, 7) is 26.8. The summed E-state index contributed by atoms with van der Waals surface area (Å²) in [6, 6.07) is 0. The molecule has 0 fully saturated rings. The molecule has 0 atom stereocenters. The highest BCUT2D eigenvalue weighted by Gasteiger charge is 2.46. The summed E-state index contributed by atoms with van der Waals surface area (Å²) < 4.78 is 0. The van der Waals surface area contributed by atoms with Crippen LogP contribution in [0.3, 0.4) is 0 Å². The molecule has 2 rings (SSSR count). The Morgan fingerprint density at radius 3 is 1.45 bits per heavy atom. The number of allylic oxidation sites excluding steroid dienone is 6. The van der Waals surface area contributed by atoms with Gasteiger partial charge in [0.05, 0.1) is 0 Å². The highest BCUT2D eigenvalue weighted by molar-refractivity contribution is 5.53. The summed E-state index contributed by atoms with van der Waals surface area (Å²) in [5.74, 6) is 0. The molecule has 0 nitrogen and oxygen atoms in total. The lowest BCUT2D eigenvalue weighted by atomic mass is 9.53. The largest absolute Gasteiger partial charge is 0.0774 e. The lowest BCUT2D eigenvalue weighted by Crippen LogP contribution is -2.41. The summed E-state index contributed by atoms with van der Waals surface area (Å²) >= 11 is 0. The first-order valence-corrected chi connectivity index (χ1v) is 9.07. The van der Waals surface area contributed by atoms with E-state index in [0.717, 1.165) is 0 Å². The van der Waals surface area contributed by atoms with E-state index in [4.69, 9.17) is 0 Å². The fraction of sp³-hybridized carbons (Fsp3) is 0.727. The Morgan fingerprint density at radius 2 is 1.00 bits per heavy atom. The van der Waals surface area contributed by atoms with Crippen molar-refractivity contribution in [2.75, 3.05) is 0 Å². The van der Waals surface area contributed by atoms with Crippen molar-refractivity contribution < 1.29 is 0 Å². The smallest absolute Gasteiger partial charge is 0.00150 e. The van der Waals surface area contributed by atoms with Gasteiger partial charge in [0, 0.05) is 0 Å². The average molecular weight is 305 g/mol. The van der Waals surface area contributed by atoms with Crippen molar-refractivity contribution >= 4 is 0 Å². The second-order valence-electron chi connectivity index (χ2n) is 8.28. The number of rotatable bonds is 0. The Morgan fingerprint density at radius 1 is 0.591 bits per heavy atom. The molecule has 0 spiro atoms. The van der Waals surface area contributed by atoms with E-state index in [2.05, 4.69) is 79.7 Å². The summed E-state index contributed by atoms with van der Waals surface area (Å²) in [5.41, 5.74) is 3.80. The second kappa shape index (κ2) is 6.77. The Kier molecular flexibility index (Phi) is 6.53. The highest BCUT2D eigenvalue weighted by atomic mass is 14.5. The van der Waals surface area contributed by atoms with Gasteiger partial charge in [0.1, 0.15) is 0 Å². The van der Waals surface area contributed by atoms with Crippen LogP contribution < -0.4 is 0 Å².